The van der Waals surface area contributed by atoms with Crippen LogP contribution in [0.5, 0.6) is 0 Å². The van der Waals surface area contributed by atoms with Crippen LogP contribution < -0.4 is 10.6 Å². The zero-order valence-corrected chi connectivity index (χ0v) is 11.9. The molecule has 2 N–H and O–H groups in total. The highest BCUT2D eigenvalue weighted by atomic mass is 16.1. The van der Waals surface area contributed by atoms with Gasteiger partial charge in [0.15, 0.2) is 0 Å². The average molecular weight is 270 g/mol. The largest absolute Gasteiger partial charge is 0.370 e. The molecule has 2 aromatic rings. The summed E-state index contributed by atoms with van der Waals surface area (Å²) < 4.78 is 0. The van der Waals surface area contributed by atoms with Crippen LogP contribution in [-0.4, -0.2) is 22.4 Å². The van der Waals surface area contributed by atoms with E-state index in [0.717, 1.165) is 17.9 Å². The Labute approximate surface area is 118 Å². The molecule has 2 aromatic heterocycles. The van der Waals surface area contributed by atoms with Gasteiger partial charge in [-0.25, -0.2) is 4.98 Å². The van der Waals surface area contributed by atoms with E-state index in [9.17, 15) is 4.79 Å². The molecular formula is C15H18N4O. The van der Waals surface area contributed by atoms with Gasteiger partial charge in [0.1, 0.15) is 11.5 Å². The average Bonchev–Trinajstić information content (AvgIpc) is 2.42. The molecule has 0 unspecified atom stereocenters. The molecule has 1 amide bonds. The molecule has 0 aliphatic rings. The minimum Gasteiger partial charge on any atom is -0.370 e. The summed E-state index contributed by atoms with van der Waals surface area (Å²) in [6.45, 7) is 6.53. The van der Waals surface area contributed by atoms with Crippen molar-refractivity contribution in [2.24, 2.45) is 0 Å². The predicted molar refractivity (Wildman–Crippen MR) is 80.1 cm³/mol. The number of aromatic nitrogens is 2. The number of rotatable bonds is 4. The molecule has 2 heterocycles. The van der Waals surface area contributed by atoms with Crippen molar-refractivity contribution in [1.82, 2.24) is 9.97 Å². The lowest BCUT2D eigenvalue weighted by molar-refractivity contribution is 0.102. The molecule has 0 fully saturated rings. The third kappa shape index (κ3) is 3.32. The van der Waals surface area contributed by atoms with Gasteiger partial charge in [0.25, 0.3) is 5.91 Å². The second kappa shape index (κ2) is 6.14. The van der Waals surface area contributed by atoms with Crippen molar-refractivity contribution in [2.45, 2.75) is 20.8 Å². The molecule has 104 valence electrons. The Kier molecular flexibility index (Phi) is 4.30. The van der Waals surface area contributed by atoms with E-state index >= 15 is 0 Å². The Morgan fingerprint density at radius 2 is 1.95 bits per heavy atom. The smallest absolute Gasteiger partial charge is 0.274 e. The molecule has 0 aliphatic carbocycles. The van der Waals surface area contributed by atoms with Crippen molar-refractivity contribution in [2.75, 3.05) is 17.2 Å². The van der Waals surface area contributed by atoms with Gasteiger partial charge < -0.3 is 10.6 Å². The van der Waals surface area contributed by atoms with E-state index in [1.54, 1.807) is 12.1 Å². The Morgan fingerprint density at radius 1 is 1.15 bits per heavy atom. The number of nitrogens with one attached hydrogen (secondary N) is 2. The lowest BCUT2D eigenvalue weighted by Crippen LogP contribution is -2.15. The normalized spacial score (nSPS) is 10.2. The lowest BCUT2D eigenvalue weighted by atomic mass is 10.2. The number of hydrogen-bond donors (Lipinski definition) is 2. The Bertz CT molecular complexity index is 625. The molecule has 0 bridgehead atoms. The molecule has 0 spiro atoms. The van der Waals surface area contributed by atoms with Gasteiger partial charge in [0.05, 0.1) is 11.4 Å². The predicted octanol–water partition coefficient (Wildman–Crippen LogP) is 2.78. The van der Waals surface area contributed by atoms with Crippen molar-refractivity contribution >= 4 is 17.4 Å². The summed E-state index contributed by atoms with van der Waals surface area (Å²) in [7, 11) is 0. The molecule has 2 rings (SSSR count). The van der Waals surface area contributed by atoms with Crippen LogP contribution in [-0.2, 0) is 0 Å². The van der Waals surface area contributed by atoms with E-state index in [-0.39, 0.29) is 5.91 Å². The molecule has 20 heavy (non-hydrogen) atoms. The number of amides is 1. The van der Waals surface area contributed by atoms with Crippen LogP contribution in [0.15, 0.2) is 30.3 Å². The standard InChI is InChI=1S/C15H18N4O/c1-4-16-14-7-5-6-13(18-14)15(20)19-12-9-8-10(2)17-11(12)3/h5-9H,4H2,1-3H3,(H,16,18)(H,19,20). The van der Waals surface area contributed by atoms with E-state index in [1.807, 2.05) is 39.0 Å². The summed E-state index contributed by atoms with van der Waals surface area (Å²) in [4.78, 5) is 20.8. The van der Waals surface area contributed by atoms with E-state index in [2.05, 4.69) is 20.6 Å². The molecule has 0 saturated carbocycles. The van der Waals surface area contributed by atoms with Crippen LogP contribution >= 0.6 is 0 Å². The number of aryl methyl sites for hydroxylation is 2. The van der Waals surface area contributed by atoms with Crippen LogP contribution in [0.25, 0.3) is 0 Å². The summed E-state index contributed by atoms with van der Waals surface area (Å²) in [5.41, 5.74) is 2.80. The minimum absolute atomic E-state index is 0.237. The first kappa shape index (κ1) is 14.0. The number of pyridine rings is 2. The SMILES string of the molecule is CCNc1cccc(C(=O)Nc2ccc(C)nc2C)n1. The third-order valence-electron chi connectivity index (χ3n) is 2.81. The number of carbonyl (C=O) groups is 1. The van der Waals surface area contributed by atoms with Crippen LogP contribution in [0, 0.1) is 13.8 Å². The first-order valence-electron chi connectivity index (χ1n) is 6.56. The Morgan fingerprint density at radius 3 is 2.65 bits per heavy atom. The highest BCUT2D eigenvalue weighted by molar-refractivity contribution is 6.03. The summed E-state index contributed by atoms with van der Waals surface area (Å²) in [5.74, 6) is 0.456. The molecule has 0 atom stereocenters. The summed E-state index contributed by atoms with van der Waals surface area (Å²) >= 11 is 0. The van der Waals surface area contributed by atoms with Gasteiger partial charge in [-0.15, -0.1) is 0 Å². The molecule has 5 heteroatoms. The fourth-order valence-electron chi connectivity index (χ4n) is 1.85. The van der Waals surface area contributed by atoms with E-state index in [0.29, 0.717) is 17.2 Å². The van der Waals surface area contributed by atoms with Gasteiger partial charge in [-0.2, -0.15) is 0 Å². The van der Waals surface area contributed by atoms with Crippen molar-refractivity contribution in [3.63, 3.8) is 0 Å². The molecule has 0 saturated heterocycles. The monoisotopic (exact) mass is 270 g/mol. The second-order valence-corrected chi connectivity index (χ2v) is 4.48. The third-order valence-corrected chi connectivity index (χ3v) is 2.81. The topological polar surface area (TPSA) is 66.9 Å². The van der Waals surface area contributed by atoms with Crippen LogP contribution in [0.2, 0.25) is 0 Å². The maximum atomic E-state index is 12.2. The molecule has 0 aliphatic heterocycles. The van der Waals surface area contributed by atoms with Crippen molar-refractivity contribution in [3.05, 3.63) is 47.4 Å². The lowest BCUT2D eigenvalue weighted by Gasteiger charge is -2.09. The summed E-state index contributed by atoms with van der Waals surface area (Å²) in [6, 6.07) is 9.04. The second-order valence-electron chi connectivity index (χ2n) is 4.48. The maximum Gasteiger partial charge on any atom is 0.274 e. The van der Waals surface area contributed by atoms with E-state index < -0.39 is 0 Å². The van der Waals surface area contributed by atoms with E-state index in [4.69, 9.17) is 0 Å². The number of carbonyl (C=O) groups excluding carboxylic acids is 1. The highest BCUT2D eigenvalue weighted by Crippen LogP contribution is 2.14. The summed E-state index contributed by atoms with van der Waals surface area (Å²) in [6.07, 6.45) is 0. The zero-order valence-electron chi connectivity index (χ0n) is 11.9. The van der Waals surface area contributed by atoms with Crippen molar-refractivity contribution in [3.8, 4) is 0 Å². The molecule has 0 aromatic carbocycles. The van der Waals surface area contributed by atoms with Crippen LogP contribution in [0.1, 0.15) is 28.8 Å². The molecule has 0 radical (unpaired) electrons. The minimum atomic E-state index is -0.237. The maximum absolute atomic E-state index is 12.2. The zero-order chi connectivity index (χ0) is 14.5. The van der Waals surface area contributed by atoms with Crippen LogP contribution in [0.4, 0.5) is 11.5 Å². The number of hydrogen-bond acceptors (Lipinski definition) is 4. The van der Waals surface area contributed by atoms with Crippen molar-refractivity contribution in [1.29, 1.82) is 0 Å². The van der Waals surface area contributed by atoms with Gasteiger partial charge in [0.2, 0.25) is 0 Å². The number of nitrogens with zero attached hydrogens (tertiary/aromatic N) is 2. The first-order chi connectivity index (χ1) is 9.60. The van der Waals surface area contributed by atoms with Crippen LogP contribution in [0.3, 0.4) is 0 Å². The number of anilines is 2. The fraction of sp³-hybridized carbons (Fsp3) is 0.267. The quantitative estimate of drug-likeness (QED) is 0.896. The van der Waals surface area contributed by atoms with Gasteiger partial charge in [-0.1, -0.05) is 6.07 Å². The Balaban J connectivity index is 2.17. The Hall–Kier alpha value is -2.43. The van der Waals surface area contributed by atoms with Gasteiger partial charge in [-0.05, 0) is 45.0 Å². The highest BCUT2D eigenvalue weighted by Gasteiger charge is 2.10. The molecular weight excluding hydrogens is 252 g/mol. The fourth-order valence-corrected chi connectivity index (χ4v) is 1.85. The summed E-state index contributed by atoms with van der Waals surface area (Å²) in [5, 5.41) is 5.91. The van der Waals surface area contributed by atoms with E-state index in [1.165, 1.54) is 0 Å². The van der Waals surface area contributed by atoms with Crippen molar-refractivity contribution < 1.29 is 4.79 Å². The van der Waals surface area contributed by atoms with Gasteiger partial charge in [-0.3, -0.25) is 9.78 Å². The van der Waals surface area contributed by atoms with Gasteiger partial charge in [0, 0.05) is 12.2 Å². The molecule has 5 nitrogen and oxygen atoms in total. The van der Waals surface area contributed by atoms with Gasteiger partial charge >= 0.3 is 0 Å². The first-order valence-corrected chi connectivity index (χ1v) is 6.56.